The maximum Gasteiger partial charge on any atom is 0.260 e. The summed E-state index contributed by atoms with van der Waals surface area (Å²) in [5.41, 5.74) is 3.15. The summed E-state index contributed by atoms with van der Waals surface area (Å²) in [6, 6.07) is 13.5. The number of likely N-dealkylation sites (tertiary alicyclic amines) is 1. The molecule has 0 aliphatic carbocycles. The molecular weight excluding hydrogens is 380 g/mol. The van der Waals surface area contributed by atoms with Gasteiger partial charge in [0, 0.05) is 19.1 Å². The lowest BCUT2D eigenvalue weighted by Crippen LogP contribution is -2.48. The standard InChI is InChI=1S/C24H30N2O4/c1-17-4-9-22(18(2)14-17)30-16-24(28)26-12-10-20(11-13-26)25-23(27)15-19-5-7-21(29-3)8-6-19/h4-9,14,20H,10-13,15-16H2,1-3H3,(H,25,27). The van der Waals surface area contributed by atoms with Gasteiger partial charge in [0.1, 0.15) is 11.5 Å². The lowest BCUT2D eigenvalue weighted by Gasteiger charge is -2.32. The molecule has 1 fully saturated rings. The highest BCUT2D eigenvalue weighted by atomic mass is 16.5. The minimum Gasteiger partial charge on any atom is -0.497 e. The molecule has 30 heavy (non-hydrogen) atoms. The van der Waals surface area contributed by atoms with E-state index in [2.05, 4.69) is 5.32 Å². The predicted octanol–water partition coefficient (Wildman–Crippen LogP) is 3.04. The minimum atomic E-state index is -0.0158. The van der Waals surface area contributed by atoms with Gasteiger partial charge >= 0.3 is 0 Å². The van der Waals surface area contributed by atoms with Crippen LogP contribution in [0.2, 0.25) is 0 Å². The third-order valence-electron chi connectivity index (χ3n) is 5.42. The summed E-state index contributed by atoms with van der Waals surface area (Å²) in [4.78, 5) is 26.6. The van der Waals surface area contributed by atoms with Crippen molar-refractivity contribution in [3.8, 4) is 11.5 Å². The van der Waals surface area contributed by atoms with E-state index in [1.54, 1.807) is 7.11 Å². The monoisotopic (exact) mass is 410 g/mol. The van der Waals surface area contributed by atoms with Crippen LogP contribution >= 0.6 is 0 Å². The van der Waals surface area contributed by atoms with E-state index in [1.807, 2.05) is 61.2 Å². The van der Waals surface area contributed by atoms with E-state index in [0.717, 1.165) is 35.5 Å². The Hall–Kier alpha value is -3.02. The summed E-state index contributed by atoms with van der Waals surface area (Å²) in [5.74, 6) is 1.51. The predicted molar refractivity (Wildman–Crippen MR) is 116 cm³/mol. The van der Waals surface area contributed by atoms with Crippen LogP contribution in [0.1, 0.15) is 29.5 Å². The fourth-order valence-electron chi connectivity index (χ4n) is 3.67. The number of hydrogen-bond donors (Lipinski definition) is 1. The third-order valence-corrected chi connectivity index (χ3v) is 5.42. The van der Waals surface area contributed by atoms with Gasteiger partial charge in [-0.3, -0.25) is 9.59 Å². The molecular formula is C24H30N2O4. The second kappa shape index (κ2) is 10.1. The van der Waals surface area contributed by atoms with Crippen molar-refractivity contribution in [2.75, 3.05) is 26.8 Å². The number of methoxy groups -OCH3 is 1. The van der Waals surface area contributed by atoms with Crippen LogP contribution in [0.4, 0.5) is 0 Å². The Bertz CT molecular complexity index is 871. The van der Waals surface area contributed by atoms with E-state index >= 15 is 0 Å². The molecule has 1 saturated heterocycles. The number of nitrogens with one attached hydrogen (secondary N) is 1. The quantitative estimate of drug-likeness (QED) is 0.762. The fourth-order valence-corrected chi connectivity index (χ4v) is 3.67. The Kier molecular flexibility index (Phi) is 7.33. The van der Waals surface area contributed by atoms with Crippen molar-refractivity contribution in [2.24, 2.45) is 0 Å². The van der Waals surface area contributed by atoms with Gasteiger partial charge in [-0.25, -0.2) is 0 Å². The highest BCUT2D eigenvalue weighted by Crippen LogP contribution is 2.19. The van der Waals surface area contributed by atoms with Gasteiger partial charge in [0.15, 0.2) is 6.61 Å². The molecule has 0 unspecified atom stereocenters. The molecule has 0 aromatic heterocycles. The highest BCUT2D eigenvalue weighted by Gasteiger charge is 2.24. The number of rotatable bonds is 7. The van der Waals surface area contributed by atoms with Gasteiger partial charge in [-0.05, 0) is 56.0 Å². The van der Waals surface area contributed by atoms with Gasteiger partial charge in [0.25, 0.3) is 5.91 Å². The molecule has 0 radical (unpaired) electrons. The van der Waals surface area contributed by atoms with Crippen molar-refractivity contribution in [1.82, 2.24) is 10.2 Å². The third kappa shape index (κ3) is 5.99. The minimum absolute atomic E-state index is 0.00289. The average Bonchev–Trinajstić information content (AvgIpc) is 2.74. The lowest BCUT2D eigenvalue weighted by atomic mass is 10.0. The average molecular weight is 411 g/mol. The number of carbonyl (C=O) groups is 2. The van der Waals surface area contributed by atoms with Gasteiger partial charge in [0.2, 0.25) is 5.91 Å². The van der Waals surface area contributed by atoms with E-state index in [4.69, 9.17) is 9.47 Å². The first kappa shape index (κ1) is 21.7. The molecule has 0 saturated carbocycles. The zero-order valence-corrected chi connectivity index (χ0v) is 17.9. The van der Waals surface area contributed by atoms with E-state index < -0.39 is 0 Å². The molecule has 1 heterocycles. The van der Waals surface area contributed by atoms with Crippen LogP contribution in [0.3, 0.4) is 0 Å². The second-order valence-electron chi connectivity index (χ2n) is 7.81. The molecule has 0 atom stereocenters. The molecule has 6 nitrogen and oxygen atoms in total. The normalized spacial score (nSPS) is 14.3. The molecule has 1 aliphatic heterocycles. The first-order valence-electron chi connectivity index (χ1n) is 10.3. The number of amides is 2. The molecule has 2 aromatic rings. The number of hydrogen-bond acceptors (Lipinski definition) is 4. The maximum atomic E-state index is 12.5. The molecule has 6 heteroatoms. The first-order chi connectivity index (χ1) is 14.4. The van der Waals surface area contributed by atoms with Crippen LogP contribution in [0, 0.1) is 13.8 Å². The topological polar surface area (TPSA) is 67.9 Å². The summed E-state index contributed by atoms with van der Waals surface area (Å²) in [6.07, 6.45) is 1.85. The largest absolute Gasteiger partial charge is 0.497 e. The van der Waals surface area contributed by atoms with Crippen LogP contribution in [0.5, 0.6) is 11.5 Å². The first-order valence-corrected chi connectivity index (χ1v) is 10.3. The summed E-state index contributed by atoms with van der Waals surface area (Å²) in [6.45, 7) is 5.30. The number of piperidine rings is 1. The number of aryl methyl sites for hydroxylation is 2. The highest BCUT2D eigenvalue weighted by molar-refractivity contribution is 5.79. The van der Waals surface area contributed by atoms with E-state index in [9.17, 15) is 9.59 Å². The van der Waals surface area contributed by atoms with Crippen molar-refractivity contribution in [1.29, 1.82) is 0 Å². The molecule has 0 bridgehead atoms. The summed E-state index contributed by atoms with van der Waals surface area (Å²) in [7, 11) is 1.62. The van der Waals surface area contributed by atoms with E-state index in [0.29, 0.717) is 19.5 Å². The summed E-state index contributed by atoms with van der Waals surface area (Å²) < 4.78 is 10.8. The number of nitrogens with zero attached hydrogens (tertiary/aromatic N) is 1. The van der Waals surface area contributed by atoms with Crippen molar-refractivity contribution in [2.45, 2.75) is 39.2 Å². The van der Waals surface area contributed by atoms with Crippen LogP contribution in [0.15, 0.2) is 42.5 Å². The Labute approximate surface area is 178 Å². The molecule has 3 rings (SSSR count). The van der Waals surface area contributed by atoms with Gasteiger partial charge in [0.05, 0.1) is 13.5 Å². The molecule has 160 valence electrons. The van der Waals surface area contributed by atoms with Crippen LogP contribution in [0.25, 0.3) is 0 Å². The van der Waals surface area contributed by atoms with Crippen LogP contribution in [-0.2, 0) is 16.0 Å². The zero-order chi connectivity index (χ0) is 21.5. The molecule has 1 N–H and O–H groups in total. The molecule has 2 amide bonds. The van der Waals surface area contributed by atoms with E-state index in [1.165, 1.54) is 5.56 Å². The van der Waals surface area contributed by atoms with Gasteiger partial charge in [-0.1, -0.05) is 29.8 Å². The van der Waals surface area contributed by atoms with Crippen LogP contribution < -0.4 is 14.8 Å². The second-order valence-corrected chi connectivity index (χ2v) is 7.81. The van der Waals surface area contributed by atoms with Crippen LogP contribution in [-0.4, -0.2) is 49.6 Å². The fraction of sp³-hybridized carbons (Fsp3) is 0.417. The Morgan fingerprint density at radius 1 is 1.07 bits per heavy atom. The number of carbonyl (C=O) groups excluding carboxylic acids is 2. The lowest BCUT2D eigenvalue weighted by molar-refractivity contribution is -0.134. The van der Waals surface area contributed by atoms with E-state index in [-0.39, 0.29) is 24.5 Å². The van der Waals surface area contributed by atoms with Gasteiger partial charge in [-0.15, -0.1) is 0 Å². The van der Waals surface area contributed by atoms with Gasteiger partial charge in [-0.2, -0.15) is 0 Å². The van der Waals surface area contributed by atoms with Gasteiger partial charge < -0.3 is 19.7 Å². The Balaban J connectivity index is 1.40. The Morgan fingerprint density at radius 2 is 1.77 bits per heavy atom. The van der Waals surface area contributed by atoms with Crippen molar-refractivity contribution in [3.63, 3.8) is 0 Å². The smallest absolute Gasteiger partial charge is 0.260 e. The van der Waals surface area contributed by atoms with Crippen molar-refractivity contribution >= 4 is 11.8 Å². The van der Waals surface area contributed by atoms with Crippen molar-refractivity contribution in [3.05, 3.63) is 59.2 Å². The van der Waals surface area contributed by atoms with Crippen molar-refractivity contribution < 1.29 is 19.1 Å². The molecule has 1 aliphatic rings. The SMILES string of the molecule is COc1ccc(CC(=O)NC2CCN(C(=O)COc3ccc(C)cc3C)CC2)cc1. The maximum absolute atomic E-state index is 12.5. The molecule has 2 aromatic carbocycles. The number of benzene rings is 2. The number of ether oxygens (including phenoxy) is 2. The Morgan fingerprint density at radius 3 is 2.40 bits per heavy atom. The zero-order valence-electron chi connectivity index (χ0n) is 17.9. The molecule has 0 spiro atoms. The summed E-state index contributed by atoms with van der Waals surface area (Å²) >= 11 is 0. The summed E-state index contributed by atoms with van der Waals surface area (Å²) in [5, 5.41) is 3.09.